The number of ketones is 3. The van der Waals surface area contributed by atoms with Crippen molar-refractivity contribution in [3.63, 3.8) is 0 Å². The van der Waals surface area contributed by atoms with Gasteiger partial charge in [0.05, 0.1) is 32.2 Å². The third-order valence-electron chi connectivity index (χ3n) is 7.48. The van der Waals surface area contributed by atoms with Crippen molar-refractivity contribution in [3.05, 3.63) is 47.0 Å². The van der Waals surface area contributed by atoms with Crippen molar-refractivity contribution in [1.82, 2.24) is 10.6 Å². The number of carbonyl (C=O) groups excluding carboxylic acids is 3. The van der Waals surface area contributed by atoms with E-state index in [0.29, 0.717) is 40.8 Å². The molecule has 2 aromatic rings. The van der Waals surface area contributed by atoms with Gasteiger partial charge in [0, 0.05) is 33.9 Å². The van der Waals surface area contributed by atoms with Gasteiger partial charge in [0.25, 0.3) is 0 Å². The predicted molar refractivity (Wildman–Crippen MR) is 168 cm³/mol. The quantitative estimate of drug-likeness (QED) is 0.192. The van der Waals surface area contributed by atoms with E-state index in [-0.39, 0.29) is 69.5 Å². The summed E-state index contributed by atoms with van der Waals surface area (Å²) >= 11 is 0. The number of hydrogen-bond acceptors (Lipinski definition) is 9. The third kappa shape index (κ3) is 11.5. The van der Waals surface area contributed by atoms with Crippen molar-refractivity contribution in [1.29, 1.82) is 0 Å². The van der Waals surface area contributed by atoms with Crippen LogP contribution in [0.15, 0.2) is 30.3 Å². The zero-order chi connectivity index (χ0) is 33.0. The molecule has 0 bridgehead atoms. The first-order valence-corrected chi connectivity index (χ1v) is 14.4. The van der Waals surface area contributed by atoms with Crippen molar-refractivity contribution >= 4 is 17.3 Å². The van der Waals surface area contributed by atoms with E-state index in [2.05, 4.69) is 10.6 Å². The number of ether oxygens (including phenoxy) is 1. The number of methoxy groups -OCH3 is 1. The number of phenols is 1. The normalized spacial score (nSPS) is 15.6. The Kier molecular flexibility index (Phi) is 16.4. The highest BCUT2D eigenvalue weighted by molar-refractivity contribution is 6.03. The van der Waals surface area contributed by atoms with E-state index in [9.17, 15) is 42.9 Å². The van der Waals surface area contributed by atoms with Crippen LogP contribution in [0.2, 0.25) is 0 Å². The SMILES string of the molecule is CNC.COc1ccc(CNCC(F)(F)F)cc1-c1ccc(O)c2c1CC(CC(CCO)C(CO)C(=O)CC(C)=O)CC2=O.O.[HH].[HH]. The van der Waals surface area contributed by atoms with Gasteiger partial charge in [-0.15, -0.1) is 0 Å². The van der Waals surface area contributed by atoms with Crippen LogP contribution in [0.5, 0.6) is 11.5 Å². The smallest absolute Gasteiger partial charge is 0.401 e. The first-order chi connectivity index (χ1) is 20.8. The molecular weight excluding hydrogens is 597 g/mol. The summed E-state index contributed by atoms with van der Waals surface area (Å²) in [5.74, 6) is -2.46. The van der Waals surface area contributed by atoms with Crippen molar-refractivity contribution in [3.8, 4) is 22.6 Å². The second kappa shape index (κ2) is 18.6. The number of aromatic hydroxyl groups is 1. The Labute approximate surface area is 264 Å². The number of alkyl halides is 3. The van der Waals surface area contributed by atoms with E-state index in [0.717, 1.165) is 0 Å². The van der Waals surface area contributed by atoms with E-state index < -0.39 is 36.9 Å². The van der Waals surface area contributed by atoms with Gasteiger partial charge in [-0.1, -0.05) is 12.1 Å². The molecule has 0 aliphatic heterocycles. The summed E-state index contributed by atoms with van der Waals surface area (Å²) in [5.41, 5.74) is 2.38. The first kappa shape index (κ1) is 39.7. The number of fused-ring (bicyclic) bond motifs is 1. The average molecular weight is 647 g/mol. The number of aliphatic hydroxyl groups excluding tert-OH is 2. The number of phenolic OH excluding ortho intramolecular Hbond substituents is 1. The number of rotatable bonds is 14. The van der Waals surface area contributed by atoms with Crippen LogP contribution in [-0.2, 0) is 22.6 Å². The molecule has 13 heteroatoms. The minimum atomic E-state index is -4.36. The molecule has 45 heavy (non-hydrogen) atoms. The van der Waals surface area contributed by atoms with Gasteiger partial charge >= 0.3 is 6.18 Å². The molecule has 0 saturated heterocycles. The Morgan fingerprint density at radius 3 is 2.33 bits per heavy atom. The molecule has 0 amide bonds. The maximum absolute atomic E-state index is 13.3. The molecule has 0 spiro atoms. The van der Waals surface area contributed by atoms with Crippen LogP contribution in [0.3, 0.4) is 0 Å². The van der Waals surface area contributed by atoms with Crippen molar-refractivity contribution in [2.24, 2.45) is 17.8 Å². The number of carbonyl (C=O) groups is 3. The van der Waals surface area contributed by atoms with E-state index in [1.54, 1.807) is 24.3 Å². The lowest BCUT2D eigenvalue weighted by Crippen LogP contribution is -2.32. The van der Waals surface area contributed by atoms with E-state index in [4.69, 9.17) is 4.74 Å². The van der Waals surface area contributed by atoms with Crippen LogP contribution < -0.4 is 15.4 Å². The Hall–Kier alpha value is -3.36. The second-order valence-electron chi connectivity index (χ2n) is 11.1. The maximum Gasteiger partial charge on any atom is 0.401 e. The standard InChI is InChI=1S/C30H36F3NO7.C2H7N.H2O.2H2/c1-17(37)9-26(39)24(15-36)20(7-8-35)10-19-12-23-21(4-5-25(38)29(23)27(40)13-19)22-11-18(3-6-28(22)41-2)14-34-16-30(31,32)33;1-3-2;;;/h3-6,11,19-20,24,34-36,38H,7-10,12-16H2,1-2H3;3H,1-2H3;1H2;2*1H. The van der Waals surface area contributed by atoms with Crippen LogP contribution in [0.1, 0.15) is 56.9 Å². The summed E-state index contributed by atoms with van der Waals surface area (Å²) < 4.78 is 43.4. The van der Waals surface area contributed by atoms with E-state index in [1.165, 1.54) is 20.1 Å². The fraction of sp³-hybridized carbons (Fsp3) is 0.531. The fourth-order valence-corrected chi connectivity index (χ4v) is 5.69. The minimum absolute atomic E-state index is 0. The molecule has 0 heterocycles. The van der Waals surface area contributed by atoms with Gasteiger partial charge in [-0.3, -0.25) is 14.4 Å². The summed E-state index contributed by atoms with van der Waals surface area (Å²) in [6, 6.07) is 7.98. The summed E-state index contributed by atoms with van der Waals surface area (Å²) in [4.78, 5) is 37.5. The fourth-order valence-electron chi connectivity index (χ4n) is 5.69. The van der Waals surface area contributed by atoms with Crippen molar-refractivity contribution in [2.45, 2.75) is 51.7 Å². The Morgan fingerprint density at radius 1 is 1.11 bits per heavy atom. The maximum atomic E-state index is 13.3. The molecule has 3 unspecified atom stereocenters. The molecule has 1 aliphatic rings. The highest BCUT2D eigenvalue weighted by Gasteiger charge is 2.35. The number of Topliss-reactive ketones (excluding diaryl/α,β-unsaturated/α-hetero) is 3. The van der Waals surface area contributed by atoms with Gasteiger partial charge < -0.3 is 36.2 Å². The highest BCUT2D eigenvalue weighted by atomic mass is 19.4. The number of nitrogens with one attached hydrogen (secondary N) is 2. The molecule has 0 aromatic heterocycles. The summed E-state index contributed by atoms with van der Waals surface area (Å²) in [7, 11) is 5.20. The molecule has 3 rings (SSSR count). The molecule has 0 fully saturated rings. The lowest BCUT2D eigenvalue weighted by molar-refractivity contribution is -0.131. The van der Waals surface area contributed by atoms with Crippen LogP contribution >= 0.6 is 0 Å². The highest BCUT2D eigenvalue weighted by Crippen LogP contribution is 2.43. The summed E-state index contributed by atoms with van der Waals surface area (Å²) in [6.07, 6.45) is -3.78. The van der Waals surface area contributed by atoms with Crippen LogP contribution in [0.4, 0.5) is 13.2 Å². The Balaban J connectivity index is 0. The van der Waals surface area contributed by atoms with Gasteiger partial charge in [0.2, 0.25) is 0 Å². The number of aliphatic hydroxyl groups is 2. The van der Waals surface area contributed by atoms with Gasteiger partial charge in [-0.25, -0.2) is 0 Å². The van der Waals surface area contributed by atoms with Gasteiger partial charge in [0.15, 0.2) is 5.78 Å². The summed E-state index contributed by atoms with van der Waals surface area (Å²) in [5, 5.41) is 35.3. The van der Waals surface area contributed by atoms with E-state index >= 15 is 0 Å². The molecule has 2 aromatic carbocycles. The number of hydrogen-bond donors (Lipinski definition) is 5. The Morgan fingerprint density at radius 2 is 1.78 bits per heavy atom. The zero-order valence-electron chi connectivity index (χ0n) is 26.1. The molecule has 3 atom stereocenters. The molecule has 7 N–H and O–H groups in total. The molecule has 0 saturated carbocycles. The molecule has 0 radical (unpaired) electrons. The van der Waals surface area contributed by atoms with Crippen molar-refractivity contribution < 1.29 is 55.9 Å². The zero-order valence-corrected chi connectivity index (χ0v) is 26.1. The largest absolute Gasteiger partial charge is 0.507 e. The average Bonchev–Trinajstić information content (AvgIpc) is 2.93. The van der Waals surface area contributed by atoms with Crippen LogP contribution in [0.25, 0.3) is 11.1 Å². The van der Waals surface area contributed by atoms with Crippen molar-refractivity contribution in [2.75, 3.05) is 41.0 Å². The van der Waals surface area contributed by atoms with Gasteiger partial charge in [0.1, 0.15) is 23.1 Å². The second-order valence-corrected chi connectivity index (χ2v) is 11.1. The van der Waals surface area contributed by atoms with Gasteiger partial charge in [-0.2, -0.15) is 13.2 Å². The van der Waals surface area contributed by atoms with Crippen LogP contribution in [0, 0.1) is 17.8 Å². The monoisotopic (exact) mass is 646 g/mol. The van der Waals surface area contributed by atoms with Gasteiger partial charge in [-0.05, 0) is 87.0 Å². The topological polar surface area (TPSA) is 177 Å². The van der Waals surface area contributed by atoms with Crippen LogP contribution in [-0.4, -0.2) is 85.3 Å². The molecule has 1 aliphatic carbocycles. The Bertz CT molecular complexity index is 1300. The summed E-state index contributed by atoms with van der Waals surface area (Å²) in [6.45, 7) is -0.666. The lowest BCUT2D eigenvalue weighted by Gasteiger charge is -2.32. The molecule has 10 nitrogen and oxygen atoms in total. The number of halogens is 3. The minimum Gasteiger partial charge on any atom is -0.507 e. The first-order valence-electron chi connectivity index (χ1n) is 14.4. The molecular formula is C32H49F3N2O8. The number of benzene rings is 2. The molecule has 256 valence electrons. The third-order valence-corrected chi connectivity index (χ3v) is 7.48. The predicted octanol–water partition coefficient (Wildman–Crippen LogP) is 3.51. The van der Waals surface area contributed by atoms with E-state index in [1.807, 2.05) is 14.1 Å². The lowest BCUT2D eigenvalue weighted by atomic mass is 9.72.